The van der Waals surface area contributed by atoms with Gasteiger partial charge in [-0.25, -0.2) is 0 Å². The molecular formula is C24H28O4. The first-order valence-electron chi connectivity index (χ1n) is 9.12. The van der Waals surface area contributed by atoms with E-state index in [4.69, 9.17) is 14.2 Å². The highest BCUT2D eigenvalue weighted by molar-refractivity contribution is 6.06. The highest BCUT2D eigenvalue weighted by Crippen LogP contribution is 2.40. The van der Waals surface area contributed by atoms with Crippen LogP contribution >= 0.6 is 0 Å². The minimum absolute atomic E-state index is 0.0897. The molecule has 0 aliphatic rings. The number of carbonyl (C=O) groups is 1. The van der Waals surface area contributed by atoms with Crippen LogP contribution in [-0.4, -0.2) is 26.6 Å². The predicted octanol–water partition coefficient (Wildman–Crippen LogP) is 5.46. The summed E-state index contributed by atoms with van der Waals surface area (Å²) in [5.74, 6) is 2.09. The molecule has 0 radical (unpaired) electrons. The van der Waals surface area contributed by atoms with E-state index in [0.29, 0.717) is 17.9 Å². The lowest BCUT2D eigenvalue weighted by Gasteiger charge is -2.25. The van der Waals surface area contributed by atoms with E-state index in [-0.39, 0.29) is 11.2 Å². The van der Waals surface area contributed by atoms with E-state index in [0.717, 1.165) is 22.6 Å². The monoisotopic (exact) mass is 380 g/mol. The summed E-state index contributed by atoms with van der Waals surface area (Å²) in [5.41, 5.74) is 2.29. The Balaban J connectivity index is 2.25. The van der Waals surface area contributed by atoms with Crippen LogP contribution in [0.1, 0.15) is 42.3 Å². The van der Waals surface area contributed by atoms with Crippen molar-refractivity contribution >= 4 is 11.9 Å². The van der Waals surface area contributed by atoms with Crippen molar-refractivity contribution < 1.29 is 19.0 Å². The third-order valence-electron chi connectivity index (χ3n) is 4.21. The van der Waals surface area contributed by atoms with Gasteiger partial charge < -0.3 is 14.2 Å². The van der Waals surface area contributed by atoms with Crippen LogP contribution in [0.5, 0.6) is 17.2 Å². The number of benzene rings is 2. The smallest absolute Gasteiger partial charge is 0.185 e. The molecule has 0 aliphatic heterocycles. The zero-order valence-electron chi connectivity index (χ0n) is 17.2. The number of carbonyl (C=O) groups excluding carboxylic acids is 1. The Kier molecular flexibility index (Phi) is 7.05. The van der Waals surface area contributed by atoms with Crippen LogP contribution in [0.2, 0.25) is 0 Å². The van der Waals surface area contributed by atoms with Crippen LogP contribution in [0.4, 0.5) is 0 Å². The summed E-state index contributed by atoms with van der Waals surface area (Å²) in [4.78, 5) is 12.5. The maximum absolute atomic E-state index is 12.5. The van der Waals surface area contributed by atoms with Gasteiger partial charge in [-0.15, -0.1) is 0 Å². The molecule has 0 fully saturated rings. The van der Waals surface area contributed by atoms with Crippen LogP contribution < -0.4 is 14.2 Å². The number of hydrogen-bond acceptors (Lipinski definition) is 4. The summed E-state index contributed by atoms with van der Waals surface area (Å²) in [6.45, 7) is 10.4. The largest absolute Gasteiger partial charge is 0.496 e. The molecule has 4 nitrogen and oxygen atoms in total. The van der Waals surface area contributed by atoms with E-state index >= 15 is 0 Å². The van der Waals surface area contributed by atoms with E-state index in [1.165, 1.54) is 0 Å². The van der Waals surface area contributed by atoms with Gasteiger partial charge in [0, 0.05) is 11.1 Å². The standard InChI is InChI=1S/C24H28O4/c1-7-14-28-19-11-9-18(10-12-19)20(25)13-8-17-15-21(26-5)23(24(2,3)4)22(16-17)27-6/h7-13,15-16H,1,14H2,2-6H3. The highest BCUT2D eigenvalue weighted by Gasteiger charge is 2.24. The predicted molar refractivity (Wildman–Crippen MR) is 114 cm³/mol. The van der Waals surface area contributed by atoms with Gasteiger partial charge in [-0.2, -0.15) is 0 Å². The molecule has 0 heterocycles. The third-order valence-corrected chi connectivity index (χ3v) is 4.21. The van der Waals surface area contributed by atoms with Gasteiger partial charge in [-0.3, -0.25) is 4.79 Å². The number of rotatable bonds is 8. The lowest BCUT2D eigenvalue weighted by molar-refractivity contribution is 0.104. The average molecular weight is 380 g/mol. The van der Waals surface area contributed by atoms with Gasteiger partial charge in [0.2, 0.25) is 0 Å². The lowest BCUT2D eigenvalue weighted by atomic mass is 9.84. The maximum Gasteiger partial charge on any atom is 0.185 e. The molecular weight excluding hydrogens is 352 g/mol. The fourth-order valence-corrected chi connectivity index (χ4v) is 2.91. The van der Waals surface area contributed by atoms with Crippen LogP contribution in [0.3, 0.4) is 0 Å². The number of hydrogen-bond donors (Lipinski definition) is 0. The van der Waals surface area contributed by atoms with Crippen LogP contribution in [0.15, 0.2) is 55.1 Å². The summed E-state index contributed by atoms with van der Waals surface area (Å²) >= 11 is 0. The van der Waals surface area contributed by atoms with E-state index in [1.807, 2.05) is 12.1 Å². The quantitative estimate of drug-likeness (QED) is 0.346. The van der Waals surface area contributed by atoms with Crippen LogP contribution in [0, 0.1) is 0 Å². The molecule has 4 heteroatoms. The molecule has 0 atom stereocenters. The van der Waals surface area contributed by atoms with Gasteiger partial charge >= 0.3 is 0 Å². The van der Waals surface area contributed by atoms with Crippen LogP contribution in [0.25, 0.3) is 6.08 Å². The molecule has 0 saturated carbocycles. The zero-order valence-corrected chi connectivity index (χ0v) is 17.2. The van der Waals surface area contributed by atoms with Gasteiger partial charge in [-0.1, -0.05) is 39.5 Å². The molecule has 2 aromatic carbocycles. The van der Waals surface area contributed by atoms with Gasteiger partial charge in [-0.05, 0) is 53.5 Å². The molecule has 148 valence electrons. The molecule has 2 rings (SSSR count). The van der Waals surface area contributed by atoms with E-state index in [2.05, 4.69) is 27.4 Å². The number of methoxy groups -OCH3 is 2. The fraction of sp³-hybridized carbons (Fsp3) is 0.292. The first-order valence-corrected chi connectivity index (χ1v) is 9.12. The molecule has 0 N–H and O–H groups in total. The Labute approximate surface area is 167 Å². The Bertz CT molecular complexity index is 830. The topological polar surface area (TPSA) is 44.8 Å². The lowest BCUT2D eigenvalue weighted by Crippen LogP contribution is -2.14. The Morgan fingerprint density at radius 3 is 2.07 bits per heavy atom. The van der Waals surface area contributed by atoms with Gasteiger partial charge in [0.25, 0.3) is 0 Å². The zero-order chi connectivity index (χ0) is 20.7. The van der Waals surface area contributed by atoms with Crippen molar-refractivity contribution in [2.24, 2.45) is 0 Å². The molecule has 0 aliphatic carbocycles. The molecule has 0 saturated heterocycles. The highest BCUT2D eigenvalue weighted by atomic mass is 16.5. The summed E-state index contributed by atoms with van der Waals surface area (Å²) < 4.78 is 16.6. The van der Waals surface area contributed by atoms with Crippen molar-refractivity contribution in [3.05, 3.63) is 71.8 Å². The molecule has 0 bridgehead atoms. The molecule has 0 aromatic heterocycles. The summed E-state index contributed by atoms with van der Waals surface area (Å²) in [7, 11) is 3.28. The third kappa shape index (κ3) is 5.26. The second kappa shape index (κ2) is 9.27. The summed E-state index contributed by atoms with van der Waals surface area (Å²) in [6.07, 6.45) is 4.99. The second-order valence-corrected chi connectivity index (χ2v) is 7.37. The van der Waals surface area contributed by atoms with Crippen molar-refractivity contribution in [1.82, 2.24) is 0 Å². The first kappa shape index (κ1) is 21.3. The molecule has 0 amide bonds. The Hall–Kier alpha value is -3.01. The van der Waals surface area contributed by atoms with Crippen molar-refractivity contribution in [3.8, 4) is 17.2 Å². The van der Waals surface area contributed by atoms with Crippen molar-refractivity contribution in [2.75, 3.05) is 20.8 Å². The SMILES string of the molecule is C=CCOc1ccc(C(=O)C=Cc2cc(OC)c(C(C)(C)C)c(OC)c2)cc1. The van der Waals surface area contributed by atoms with Crippen molar-refractivity contribution in [1.29, 1.82) is 0 Å². The number of allylic oxidation sites excluding steroid dienone is 1. The van der Waals surface area contributed by atoms with Gasteiger partial charge in [0.15, 0.2) is 5.78 Å². The van der Waals surface area contributed by atoms with E-state index in [9.17, 15) is 4.79 Å². The Morgan fingerprint density at radius 1 is 1.04 bits per heavy atom. The number of ether oxygens (including phenoxy) is 3. The van der Waals surface area contributed by atoms with Gasteiger partial charge in [0.05, 0.1) is 14.2 Å². The average Bonchev–Trinajstić information content (AvgIpc) is 2.69. The molecule has 28 heavy (non-hydrogen) atoms. The Morgan fingerprint density at radius 2 is 1.61 bits per heavy atom. The summed E-state index contributed by atoms with van der Waals surface area (Å²) in [6, 6.07) is 10.9. The number of ketones is 1. The van der Waals surface area contributed by atoms with E-state index in [1.54, 1.807) is 56.7 Å². The fourth-order valence-electron chi connectivity index (χ4n) is 2.91. The summed E-state index contributed by atoms with van der Waals surface area (Å²) in [5, 5.41) is 0. The first-order chi connectivity index (χ1) is 13.3. The maximum atomic E-state index is 12.5. The second-order valence-electron chi connectivity index (χ2n) is 7.37. The molecule has 0 unspecified atom stereocenters. The minimum Gasteiger partial charge on any atom is -0.496 e. The minimum atomic E-state index is -0.135. The van der Waals surface area contributed by atoms with Gasteiger partial charge in [0.1, 0.15) is 23.9 Å². The van der Waals surface area contributed by atoms with Crippen LogP contribution in [-0.2, 0) is 5.41 Å². The van der Waals surface area contributed by atoms with Crippen molar-refractivity contribution in [3.63, 3.8) is 0 Å². The van der Waals surface area contributed by atoms with E-state index < -0.39 is 0 Å². The molecule has 0 spiro atoms. The molecule has 2 aromatic rings. The van der Waals surface area contributed by atoms with Crippen molar-refractivity contribution in [2.45, 2.75) is 26.2 Å². The normalized spacial score (nSPS) is 11.3.